The predicted octanol–water partition coefficient (Wildman–Crippen LogP) is 3.81. The zero-order chi connectivity index (χ0) is 12.8. The minimum Gasteiger partial charge on any atom is -0.399 e. The van der Waals surface area contributed by atoms with Crippen molar-refractivity contribution in [3.63, 3.8) is 0 Å². The van der Waals surface area contributed by atoms with E-state index in [9.17, 15) is 0 Å². The summed E-state index contributed by atoms with van der Waals surface area (Å²) in [6, 6.07) is 9.17. The number of nitrogen functional groups attached to an aromatic ring is 1. The highest BCUT2D eigenvalue weighted by Gasteiger charge is 2.28. The Morgan fingerprint density at radius 2 is 2.06 bits per heavy atom. The molecule has 0 atom stereocenters. The van der Waals surface area contributed by atoms with Crippen molar-refractivity contribution in [3.8, 4) is 0 Å². The maximum absolute atomic E-state index is 5.85. The Morgan fingerprint density at radius 1 is 1.22 bits per heavy atom. The Balaban J connectivity index is 1.82. The highest BCUT2D eigenvalue weighted by atomic mass is 15.2. The van der Waals surface area contributed by atoms with Gasteiger partial charge >= 0.3 is 0 Å². The van der Waals surface area contributed by atoms with Crippen molar-refractivity contribution in [1.29, 1.82) is 0 Å². The van der Waals surface area contributed by atoms with Crippen LogP contribution in [0.3, 0.4) is 0 Å². The van der Waals surface area contributed by atoms with Gasteiger partial charge in [0.2, 0.25) is 0 Å². The van der Waals surface area contributed by atoms with E-state index in [1.165, 1.54) is 50.6 Å². The smallest absolute Gasteiger partial charge is 0.0317 e. The molecular weight excluding hydrogens is 220 g/mol. The van der Waals surface area contributed by atoms with Gasteiger partial charge in [-0.25, -0.2) is 0 Å². The van der Waals surface area contributed by atoms with Gasteiger partial charge in [0.25, 0.3) is 0 Å². The van der Waals surface area contributed by atoms with Crippen molar-refractivity contribution in [3.05, 3.63) is 29.8 Å². The number of hydrogen-bond donors (Lipinski definition) is 1. The van der Waals surface area contributed by atoms with E-state index in [1.807, 2.05) is 6.07 Å². The zero-order valence-electron chi connectivity index (χ0n) is 11.6. The lowest BCUT2D eigenvalue weighted by molar-refractivity contribution is 0.248. The standard InChI is InChI=1S/C16H26N2/c1-2-3-4-5-11-18(16-9-10-16)13-14-7-6-8-15(17)12-14/h6-8,12,16H,2-5,9-11,13,17H2,1H3. The minimum absolute atomic E-state index is 0.841. The van der Waals surface area contributed by atoms with Crippen LogP contribution in [-0.4, -0.2) is 17.5 Å². The number of benzene rings is 1. The molecule has 0 aromatic heterocycles. The molecule has 2 rings (SSSR count). The summed E-state index contributed by atoms with van der Waals surface area (Å²) in [5.41, 5.74) is 8.09. The Hall–Kier alpha value is -1.02. The first kappa shape index (κ1) is 13.4. The van der Waals surface area contributed by atoms with Crippen LogP contribution in [0, 0.1) is 0 Å². The minimum atomic E-state index is 0.841. The van der Waals surface area contributed by atoms with Crippen LogP contribution in [0.1, 0.15) is 51.0 Å². The lowest BCUT2D eigenvalue weighted by Gasteiger charge is -2.22. The molecule has 0 spiro atoms. The molecule has 2 nitrogen and oxygen atoms in total. The van der Waals surface area contributed by atoms with Gasteiger partial charge in [-0.2, -0.15) is 0 Å². The second-order valence-electron chi connectivity index (χ2n) is 5.51. The first-order valence-corrected chi connectivity index (χ1v) is 7.38. The van der Waals surface area contributed by atoms with Gasteiger partial charge in [0.15, 0.2) is 0 Å². The van der Waals surface area contributed by atoms with Crippen molar-refractivity contribution in [1.82, 2.24) is 4.90 Å². The van der Waals surface area contributed by atoms with Gasteiger partial charge < -0.3 is 5.73 Å². The van der Waals surface area contributed by atoms with Gasteiger partial charge in [-0.15, -0.1) is 0 Å². The van der Waals surface area contributed by atoms with Crippen molar-refractivity contribution in [2.45, 2.75) is 58.0 Å². The van der Waals surface area contributed by atoms with E-state index in [4.69, 9.17) is 5.73 Å². The molecule has 0 aliphatic heterocycles. The first-order valence-electron chi connectivity index (χ1n) is 7.38. The Kier molecular flexibility index (Phi) is 5.06. The second-order valence-corrected chi connectivity index (χ2v) is 5.51. The maximum Gasteiger partial charge on any atom is 0.0317 e. The molecule has 1 saturated carbocycles. The summed E-state index contributed by atoms with van der Waals surface area (Å²) in [6.45, 7) is 4.59. The number of nitrogens with two attached hydrogens (primary N) is 1. The SMILES string of the molecule is CCCCCCN(Cc1cccc(N)c1)C1CC1. The van der Waals surface area contributed by atoms with Crippen LogP contribution in [0.5, 0.6) is 0 Å². The summed E-state index contributed by atoms with van der Waals surface area (Å²) in [6.07, 6.45) is 8.17. The summed E-state index contributed by atoms with van der Waals surface area (Å²) in [4.78, 5) is 2.64. The topological polar surface area (TPSA) is 29.3 Å². The van der Waals surface area contributed by atoms with E-state index in [0.29, 0.717) is 0 Å². The van der Waals surface area contributed by atoms with Crippen LogP contribution in [-0.2, 0) is 6.54 Å². The average molecular weight is 246 g/mol. The van der Waals surface area contributed by atoms with E-state index in [0.717, 1.165) is 18.3 Å². The maximum atomic E-state index is 5.85. The van der Waals surface area contributed by atoms with Gasteiger partial charge in [0.05, 0.1) is 0 Å². The van der Waals surface area contributed by atoms with E-state index >= 15 is 0 Å². The third kappa shape index (κ3) is 4.34. The molecule has 0 amide bonds. The highest BCUT2D eigenvalue weighted by Crippen LogP contribution is 2.28. The molecule has 0 radical (unpaired) electrons. The molecule has 0 saturated heterocycles. The number of nitrogens with zero attached hydrogens (tertiary/aromatic N) is 1. The molecule has 1 aromatic carbocycles. The summed E-state index contributed by atoms with van der Waals surface area (Å²) < 4.78 is 0. The van der Waals surface area contributed by atoms with Crippen LogP contribution in [0.15, 0.2) is 24.3 Å². The molecule has 100 valence electrons. The fourth-order valence-corrected chi connectivity index (χ4v) is 2.50. The van der Waals surface area contributed by atoms with Crippen molar-refractivity contribution in [2.24, 2.45) is 0 Å². The fourth-order valence-electron chi connectivity index (χ4n) is 2.50. The van der Waals surface area contributed by atoms with Crippen LogP contribution in [0.25, 0.3) is 0 Å². The Labute approximate surface area is 111 Å². The Bertz CT molecular complexity index is 358. The van der Waals surface area contributed by atoms with Crippen LogP contribution < -0.4 is 5.73 Å². The monoisotopic (exact) mass is 246 g/mol. The van der Waals surface area contributed by atoms with E-state index in [2.05, 4.69) is 30.0 Å². The molecule has 18 heavy (non-hydrogen) atoms. The molecule has 0 bridgehead atoms. The first-order chi connectivity index (χ1) is 8.79. The number of rotatable bonds is 8. The second kappa shape index (κ2) is 6.79. The van der Waals surface area contributed by atoms with Crippen LogP contribution in [0.2, 0.25) is 0 Å². The number of anilines is 1. The van der Waals surface area contributed by atoms with E-state index in [1.54, 1.807) is 0 Å². The van der Waals surface area contributed by atoms with Gasteiger partial charge in [-0.05, 0) is 43.5 Å². The largest absolute Gasteiger partial charge is 0.399 e. The van der Waals surface area contributed by atoms with Crippen LogP contribution in [0.4, 0.5) is 5.69 Å². The summed E-state index contributed by atoms with van der Waals surface area (Å²) in [5, 5.41) is 0. The Morgan fingerprint density at radius 3 is 2.72 bits per heavy atom. The lowest BCUT2D eigenvalue weighted by atomic mass is 10.1. The number of hydrogen-bond acceptors (Lipinski definition) is 2. The fraction of sp³-hybridized carbons (Fsp3) is 0.625. The molecule has 1 aromatic rings. The molecule has 2 N–H and O–H groups in total. The molecule has 1 aliphatic carbocycles. The van der Waals surface area contributed by atoms with Crippen molar-refractivity contribution >= 4 is 5.69 Å². The third-order valence-electron chi connectivity index (χ3n) is 3.70. The number of unbranched alkanes of at least 4 members (excludes halogenated alkanes) is 3. The normalized spacial score (nSPS) is 15.2. The molecule has 2 heteroatoms. The van der Waals surface area contributed by atoms with Gasteiger partial charge in [0.1, 0.15) is 0 Å². The van der Waals surface area contributed by atoms with E-state index < -0.39 is 0 Å². The third-order valence-corrected chi connectivity index (χ3v) is 3.70. The summed E-state index contributed by atoms with van der Waals surface area (Å²) in [5.74, 6) is 0. The highest BCUT2D eigenvalue weighted by molar-refractivity contribution is 5.40. The predicted molar refractivity (Wildman–Crippen MR) is 78.4 cm³/mol. The molecular formula is C16H26N2. The van der Waals surface area contributed by atoms with Gasteiger partial charge in [-0.1, -0.05) is 38.3 Å². The molecule has 1 aliphatic rings. The lowest BCUT2D eigenvalue weighted by Crippen LogP contribution is -2.26. The molecule has 0 unspecified atom stereocenters. The van der Waals surface area contributed by atoms with Crippen molar-refractivity contribution < 1.29 is 0 Å². The van der Waals surface area contributed by atoms with Gasteiger partial charge in [-0.3, -0.25) is 4.90 Å². The zero-order valence-corrected chi connectivity index (χ0v) is 11.6. The van der Waals surface area contributed by atoms with E-state index in [-0.39, 0.29) is 0 Å². The molecule has 1 fully saturated rings. The summed E-state index contributed by atoms with van der Waals surface area (Å²) >= 11 is 0. The molecule has 0 heterocycles. The summed E-state index contributed by atoms with van der Waals surface area (Å²) in [7, 11) is 0. The quantitative estimate of drug-likeness (QED) is 0.558. The van der Waals surface area contributed by atoms with Crippen molar-refractivity contribution in [2.75, 3.05) is 12.3 Å². The van der Waals surface area contributed by atoms with Gasteiger partial charge in [0, 0.05) is 18.3 Å². The van der Waals surface area contributed by atoms with Crippen LogP contribution >= 0.6 is 0 Å². The average Bonchev–Trinajstić information content (AvgIpc) is 3.17.